The number of nitrogens with zero attached hydrogens (tertiary/aromatic N) is 1. The van der Waals surface area contributed by atoms with Crippen LogP contribution in [0, 0.1) is 0 Å². The first-order valence-electron chi connectivity index (χ1n) is 22.3. The zero-order chi connectivity index (χ0) is 43.4. The van der Waals surface area contributed by atoms with Gasteiger partial charge in [-0.05, 0) is 143 Å². The number of benzene rings is 11. The van der Waals surface area contributed by atoms with E-state index >= 15 is 0 Å². The Bertz CT molecular complexity index is 3280. The molecule has 0 fully saturated rings. The molecule has 0 unspecified atom stereocenters. The molecule has 0 spiro atoms. The summed E-state index contributed by atoms with van der Waals surface area (Å²) in [6.07, 6.45) is 0. The summed E-state index contributed by atoms with van der Waals surface area (Å²) in [6.45, 7) is 0. The van der Waals surface area contributed by atoms with Crippen molar-refractivity contribution in [1.82, 2.24) is 0 Å². The van der Waals surface area contributed by atoms with Crippen LogP contribution < -0.4 is 4.90 Å². The molecule has 65 heavy (non-hydrogen) atoms. The highest BCUT2D eigenvalue weighted by molar-refractivity contribution is 5.98. The van der Waals surface area contributed by atoms with Crippen LogP contribution in [0.3, 0.4) is 0 Å². The van der Waals surface area contributed by atoms with Crippen molar-refractivity contribution in [1.29, 1.82) is 0 Å². The minimum Gasteiger partial charge on any atom is -0.311 e. The lowest BCUT2D eigenvalue weighted by atomic mass is 9.84. The molecule has 0 aliphatic carbocycles. The third kappa shape index (κ3) is 8.16. The second-order valence-electron chi connectivity index (χ2n) is 16.5. The third-order valence-electron chi connectivity index (χ3n) is 12.5. The minimum absolute atomic E-state index is 1.08. The Labute approximate surface area is 381 Å². The second-order valence-corrected chi connectivity index (χ2v) is 16.5. The second kappa shape index (κ2) is 17.7. The van der Waals surface area contributed by atoms with Gasteiger partial charge >= 0.3 is 0 Å². The molecule has 0 radical (unpaired) electrons. The normalized spacial score (nSPS) is 11.1. The molecule has 0 saturated heterocycles. The number of hydrogen-bond acceptors (Lipinski definition) is 1. The molecule has 11 aromatic carbocycles. The lowest BCUT2D eigenvalue weighted by Crippen LogP contribution is -2.09. The predicted molar refractivity (Wildman–Crippen MR) is 277 cm³/mol. The Morgan fingerprint density at radius 1 is 0.185 bits per heavy atom. The first-order chi connectivity index (χ1) is 32.2. The fourth-order valence-corrected chi connectivity index (χ4v) is 9.13. The number of rotatable bonds is 10. The fraction of sp³-hybridized carbons (Fsp3) is 0. The van der Waals surface area contributed by atoms with Crippen LogP contribution in [-0.4, -0.2) is 0 Å². The van der Waals surface area contributed by atoms with Gasteiger partial charge in [-0.25, -0.2) is 0 Å². The summed E-state index contributed by atoms with van der Waals surface area (Å²) < 4.78 is 0. The smallest absolute Gasteiger partial charge is 0.0462 e. The molecule has 0 N–H and O–H groups in total. The molecule has 0 aliphatic heterocycles. The average Bonchev–Trinajstić information content (AvgIpc) is 3.40. The van der Waals surface area contributed by atoms with Crippen LogP contribution in [0.25, 0.3) is 88.7 Å². The minimum atomic E-state index is 1.08. The summed E-state index contributed by atoms with van der Waals surface area (Å²) in [4.78, 5) is 2.37. The first-order valence-corrected chi connectivity index (χ1v) is 22.3. The van der Waals surface area contributed by atoms with Gasteiger partial charge in [0.1, 0.15) is 0 Å². The zero-order valence-corrected chi connectivity index (χ0v) is 35.9. The summed E-state index contributed by atoms with van der Waals surface area (Å²) in [5.41, 5.74) is 20.0. The average molecular weight is 828 g/mol. The third-order valence-corrected chi connectivity index (χ3v) is 12.5. The summed E-state index contributed by atoms with van der Waals surface area (Å²) in [5, 5.41) is 2.49. The fourth-order valence-electron chi connectivity index (χ4n) is 9.13. The molecule has 1 heteroatoms. The van der Waals surface area contributed by atoms with E-state index in [9.17, 15) is 0 Å². The molecule has 0 saturated carbocycles. The summed E-state index contributed by atoms with van der Waals surface area (Å²) in [6, 6.07) is 98.8. The zero-order valence-electron chi connectivity index (χ0n) is 35.9. The van der Waals surface area contributed by atoms with E-state index in [0.29, 0.717) is 0 Å². The highest BCUT2D eigenvalue weighted by atomic mass is 15.1. The van der Waals surface area contributed by atoms with E-state index in [1.165, 1.54) is 83.1 Å². The van der Waals surface area contributed by atoms with Crippen molar-refractivity contribution in [2.24, 2.45) is 0 Å². The topological polar surface area (TPSA) is 3.24 Å². The van der Waals surface area contributed by atoms with E-state index in [1.807, 2.05) is 0 Å². The van der Waals surface area contributed by atoms with Crippen molar-refractivity contribution in [2.45, 2.75) is 0 Å². The number of fused-ring (bicyclic) bond motifs is 1. The summed E-state index contributed by atoms with van der Waals surface area (Å²) in [5.74, 6) is 0. The quantitative estimate of drug-likeness (QED) is 0.133. The van der Waals surface area contributed by atoms with Crippen LogP contribution >= 0.6 is 0 Å². The van der Waals surface area contributed by atoms with Gasteiger partial charge in [-0.15, -0.1) is 0 Å². The molecule has 1 nitrogen and oxygen atoms in total. The number of anilines is 3. The Morgan fingerprint density at radius 3 is 0.938 bits per heavy atom. The maximum Gasteiger partial charge on any atom is 0.0462 e. The van der Waals surface area contributed by atoms with Gasteiger partial charge in [0.15, 0.2) is 0 Å². The Balaban J connectivity index is 1.01. The van der Waals surface area contributed by atoms with Crippen LogP contribution in [0.5, 0.6) is 0 Å². The highest BCUT2D eigenvalue weighted by Gasteiger charge is 2.19. The van der Waals surface area contributed by atoms with Gasteiger partial charge in [-0.2, -0.15) is 0 Å². The molecule has 0 bridgehead atoms. The molecular formula is C64H45N. The highest BCUT2D eigenvalue weighted by Crippen LogP contribution is 2.45. The van der Waals surface area contributed by atoms with E-state index in [2.05, 4.69) is 278 Å². The van der Waals surface area contributed by atoms with Crippen molar-refractivity contribution in [3.8, 4) is 77.9 Å². The van der Waals surface area contributed by atoms with Gasteiger partial charge in [-0.3, -0.25) is 0 Å². The molecule has 11 aromatic rings. The van der Waals surface area contributed by atoms with Crippen LogP contribution in [0.1, 0.15) is 0 Å². The van der Waals surface area contributed by atoms with Gasteiger partial charge in [0.25, 0.3) is 0 Å². The molecule has 0 amide bonds. The van der Waals surface area contributed by atoms with Crippen molar-refractivity contribution in [3.05, 3.63) is 273 Å². The van der Waals surface area contributed by atoms with E-state index < -0.39 is 0 Å². The molecule has 0 aliphatic rings. The van der Waals surface area contributed by atoms with Gasteiger partial charge in [0, 0.05) is 17.1 Å². The van der Waals surface area contributed by atoms with Crippen molar-refractivity contribution < 1.29 is 0 Å². The molecule has 306 valence electrons. The van der Waals surface area contributed by atoms with Crippen LogP contribution in [0.15, 0.2) is 273 Å². The van der Waals surface area contributed by atoms with Crippen molar-refractivity contribution in [3.63, 3.8) is 0 Å². The molecule has 11 rings (SSSR count). The standard InChI is InChI=1S/C64H45N/c1-5-15-46(16-6-1)49-25-27-50(28-26-49)51-31-37-59(38-32-51)65(60-39-33-52(34-40-60)57-30-29-48-19-13-14-24-56(48)43-57)61-41-35-55(36-42-61)64-62(53-20-9-3-10-21-53)44-58(47-17-7-2-8-18-47)45-63(64)54-22-11-4-12-23-54/h1-45H. The molecular weight excluding hydrogens is 783 g/mol. The van der Waals surface area contributed by atoms with Gasteiger partial charge in [0.05, 0.1) is 0 Å². The molecule has 0 aromatic heterocycles. The van der Waals surface area contributed by atoms with Gasteiger partial charge < -0.3 is 4.90 Å². The van der Waals surface area contributed by atoms with E-state index in [-0.39, 0.29) is 0 Å². The van der Waals surface area contributed by atoms with E-state index in [4.69, 9.17) is 0 Å². The van der Waals surface area contributed by atoms with Crippen molar-refractivity contribution in [2.75, 3.05) is 4.90 Å². The molecule has 0 atom stereocenters. The van der Waals surface area contributed by atoms with Crippen LogP contribution in [-0.2, 0) is 0 Å². The van der Waals surface area contributed by atoms with Crippen LogP contribution in [0.4, 0.5) is 17.1 Å². The predicted octanol–water partition coefficient (Wildman–Crippen LogP) is 18.0. The number of hydrogen-bond donors (Lipinski definition) is 0. The van der Waals surface area contributed by atoms with E-state index in [0.717, 1.165) is 22.6 Å². The summed E-state index contributed by atoms with van der Waals surface area (Å²) in [7, 11) is 0. The summed E-state index contributed by atoms with van der Waals surface area (Å²) >= 11 is 0. The van der Waals surface area contributed by atoms with Crippen molar-refractivity contribution >= 4 is 27.8 Å². The maximum absolute atomic E-state index is 2.37. The Hall–Kier alpha value is -8.52. The van der Waals surface area contributed by atoms with Gasteiger partial charge in [0.2, 0.25) is 0 Å². The monoisotopic (exact) mass is 827 g/mol. The molecule has 0 heterocycles. The lowest BCUT2D eigenvalue weighted by molar-refractivity contribution is 1.28. The lowest BCUT2D eigenvalue weighted by Gasteiger charge is -2.26. The first kappa shape index (κ1) is 39.3. The SMILES string of the molecule is c1ccc(-c2ccc(-c3ccc(N(c4ccc(-c5ccc6ccccc6c5)cc4)c4ccc(-c5c(-c6ccccc6)cc(-c6ccccc6)cc5-c5ccccc5)cc4)cc3)cc2)cc1. The van der Waals surface area contributed by atoms with Gasteiger partial charge in [-0.1, -0.05) is 218 Å². The Kier molecular flexibility index (Phi) is 10.7. The van der Waals surface area contributed by atoms with Crippen LogP contribution in [0.2, 0.25) is 0 Å². The van der Waals surface area contributed by atoms with E-state index in [1.54, 1.807) is 0 Å². The largest absolute Gasteiger partial charge is 0.311 e. The Morgan fingerprint density at radius 2 is 0.492 bits per heavy atom. The maximum atomic E-state index is 2.37.